The molecule has 1 spiro atoms. The van der Waals surface area contributed by atoms with E-state index in [1.165, 1.54) is 108 Å². The van der Waals surface area contributed by atoms with Crippen molar-refractivity contribution in [1.29, 1.82) is 0 Å². The molecule has 0 aromatic carbocycles. The highest BCUT2D eigenvalue weighted by Crippen LogP contribution is 2.60. The van der Waals surface area contributed by atoms with Crippen LogP contribution in [-0.4, -0.2) is 53.6 Å². The van der Waals surface area contributed by atoms with E-state index in [1.807, 2.05) is 7.11 Å². The monoisotopic (exact) mass is 607 g/mol. The number of fused-ring (bicyclic) bond motifs is 3. The number of rotatable bonds is 7. The highest BCUT2D eigenvalue weighted by molar-refractivity contribution is 6.32. The predicted molar refractivity (Wildman–Crippen MR) is 182 cm³/mol. The van der Waals surface area contributed by atoms with Crippen LogP contribution in [0.25, 0.3) is 0 Å². The number of methoxy groups -OCH3 is 1. The molecule has 0 aromatic heterocycles. The fourth-order valence-electron chi connectivity index (χ4n) is 10.9. The van der Waals surface area contributed by atoms with Gasteiger partial charge in [-0.15, -0.1) is 0 Å². The first-order valence-electron chi connectivity index (χ1n) is 18.3. The molecule has 43 heavy (non-hydrogen) atoms. The lowest BCUT2D eigenvalue weighted by Gasteiger charge is -2.43. The normalized spacial score (nSPS) is 36.0. The third kappa shape index (κ3) is 5.66. The minimum absolute atomic E-state index is 0.237. The molecule has 2 heterocycles. The van der Waals surface area contributed by atoms with Gasteiger partial charge in [-0.25, -0.2) is 4.58 Å². The van der Waals surface area contributed by atoms with Crippen molar-refractivity contribution in [3.63, 3.8) is 0 Å². The molecule has 0 N–H and O–H groups in total. The van der Waals surface area contributed by atoms with Crippen LogP contribution >= 0.6 is 11.6 Å². The van der Waals surface area contributed by atoms with Crippen LogP contribution in [0.1, 0.15) is 130 Å². The number of hydrogen-bond donors (Lipinski definition) is 0. The summed E-state index contributed by atoms with van der Waals surface area (Å²) in [7, 11) is 1.93. The molecule has 0 radical (unpaired) electrons. The Bertz CT molecular complexity index is 1180. The molecule has 4 fully saturated rings. The number of halogens is 1. The van der Waals surface area contributed by atoms with E-state index < -0.39 is 0 Å². The van der Waals surface area contributed by atoms with Crippen LogP contribution < -0.4 is 0 Å². The van der Waals surface area contributed by atoms with Crippen molar-refractivity contribution in [3.8, 4) is 0 Å². The van der Waals surface area contributed by atoms with Gasteiger partial charge >= 0.3 is 0 Å². The topological polar surface area (TPSA) is 15.5 Å². The minimum atomic E-state index is 0.237. The van der Waals surface area contributed by atoms with Crippen molar-refractivity contribution in [1.82, 2.24) is 4.90 Å². The summed E-state index contributed by atoms with van der Waals surface area (Å²) < 4.78 is 8.71. The van der Waals surface area contributed by atoms with Crippen LogP contribution in [0, 0.1) is 22.7 Å². The Hall–Kier alpha value is -1.32. The van der Waals surface area contributed by atoms with Gasteiger partial charge in [0.05, 0.1) is 11.5 Å². The van der Waals surface area contributed by atoms with Crippen molar-refractivity contribution < 1.29 is 9.31 Å². The van der Waals surface area contributed by atoms with E-state index in [4.69, 9.17) is 16.3 Å². The molecule has 6 rings (SSSR count). The molecule has 3 nitrogen and oxygen atoms in total. The van der Waals surface area contributed by atoms with Crippen LogP contribution in [0.4, 0.5) is 0 Å². The van der Waals surface area contributed by atoms with Crippen LogP contribution in [0.15, 0.2) is 46.2 Å². The van der Waals surface area contributed by atoms with Gasteiger partial charge in [-0.05, 0) is 115 Å². The average molecular weight is 608 g/mol. The summed E-state index contributed by atoms with van der Waals surface area (Å²) in [6.07, 6.45) is 31.0. The van der Waals surface area contributed by atoms with Gasteiger partial charge in [0, 0.05) is 54.3 Å². The van der Waals surface area contributed by atoms with E-state index in [9.17, 15) is 0 Å². The fraction of sp³-hybridized carbons (Fsp3) is 0.769. The summed E-state index contributed by atoms with van der Waals surface area (Å²) in [6, 6.07) is 1.40. The third-order valence-electron chi connectivity index (χ3n) is 12.9. The first kappa shape index (κ1) is 31.7. The van der Waals surface area contributed by atoms with Gasteiger partial charge in [0.2, 0.25) is 0 Å². The Kier molecular flexibility index (Phi) is 9.71. The number of likely N-dealkylation sites (tertiary alicyclic amines) is 1. The number of nitrogens with zero attached hydrogens (tertiary/aromatic N) is 2. The van der Waals surface area contributed by atoms with E-state index in [0.717, 1.165) is 42.3 Å². The van der Waals surface area contributed by atoms with Gasteiger partial charge in [-0.2, -0.15) is 0 Å². The average Bonchev–Trinajstić information content (AvgIpc) is 3.40. The van der Waals surface area contributed by atoms with Crippen molar-refractivity contribution in [3.05, 3.63) is 46.2 Å². The highest BCUT2D eigenvalue weighted by Gasteiger charge is 2.57. The summed E-state index contributed by atoms with van der Waals surface area (Å²) in [5.74, 6) is 1.52. The van der Waals surface area contributed by atoms with Crippen molar-refractivity contribution in [2.24, 2.45) is 22.7 Å². The lowest BCUT2D eigenvalue weighted by Crippen LogP contribution is -2.41. The summed E-state index contributed by atoms with van der Waals surface area (Å²) in [4.78, 5) is 2.86. The summed E-state index contributed by atoms with van der Waals surface area (Å²) >= 11 is 7.30. The molecule has 5 atom stereocenters. The second kappa shape index (κ2) is 13.2. The second-order valence-electron chi connectivity index (χ2n) is 15.4. The maximum atomic E-state index is 7.30. The SMILES string of the molecule is CCCN1/C(=C/C=C2\CCCC(/C=C/C3=[N+](CC)C4CCCCC4C3(C)C)=C2Cl)C2(CCCCC2)C2CC(OC)CCC21. The highest BCUT2D eigenvalue weighted by atomic mass is 35.5. The van der Waals surface area contributed by atoms with E-state index in [2.05, 4.69) is 61.5 Å². The minimum Gasteiger partial charge on any atom is -0.381 e. The van der Waals surface area contributed by atoms with E-state index in [0.29, 0.717) is 17.6 Å². The van der Waals surface area contributed by atoms with Crippen LogP contribution in [0.3, 0.4) is 0 Å². The van der Waals surface area contributed by atoms with Gasteiger partial charge in [0.1, 0.15) is 6.54 Å². The van der Waals surface area contributed by atoms with Crippen molar-refractivity contribution in [2.45, 2.75) is 149 Å². The molecule has 0 amide bonds. The van der Waals surface area contributed by atoms with Gasteiger partial charge in [-0.3, -0.25) is 0 Å². The van der Waals surface area contributed by atoms with Crippen molar-refractivity contribution in [2.75, 3.05) is 20.2 Å². The number of allylic oxidation sites excluding steroid dienone is 8. The van der Waals surface area contributed by atoms with Crippen LogP contribution in [-0.2, 0) is 4.74 Å². The van der Waals surface area contributed by atoms with Gasteiger partial charge in [-0.1, -0.05) is 56.4 Å². The van der Waals surface area contributed by atoms with Crippen molar-refractivity contribution >= 4 is 17.3 Å². The van der Waals surface area contributed by atoms with E-state index in [1.54, 1.807) is 11.4 Å². The maximum Gasteiger partial charge on any atom is 0.182 e. The second-order valence-corrected chi connectivity index (χ2v) is 15.8. The standard InChI is InChI=1S/C39H60ClN2O/c1-6-26-42-34-21-20-30(43-5)27-32(34)39(24-11-8-12-25-39)36(42)23-19-29-15-13-14-28(37(29)40)18-22-35-38(3,4)31-16-9-10-17-33(31)41(35)7-2/h18-19,22-23,30-34H,6-17,20-21,24-27H2,1-5H3/q+1. The fourth-order valence-corrected chi connectivity index (χ4v) is 11.2. The summed E-state index contributed by atoms with van der Waals surface area (Å²) in [6.45, 7) is 12.0. The van der Waals surface area contributed by atoms with Gasteiger partial charge < -0.3 is 9.64 Å². The van der Waals surface area contributed by atoms with Crippen LogP contribution in [0.2, 0.25) is 0 Å². The maximum absolute atomic E-state index is 7.30. The number of ether oxygens (including phenoxy) is 1. The molecule has 0 bridgehead atoms. The summed E-state index contributed by atoms with van der Waals surface area (Å²) in [5, 5.41) is 1.02. The molecule has 0 aromatic rings. The lowest BCUT2D eigenvalue weighted by molar-refractivity contribution is -0.563. The molecular formula is C39H60ClN2O+. The summed E-state index contributed by atoms with van der Waals surface area (Å²) in [5.41, 5.74) is 6.44. The zero-order valence-electron chi connectivity index (χ0n) is 28.1. The van der Waals surface area contributed by atoms with E-state index >= 15 is 0 Å². The Morgan fingerprint density at radius 3 is 2.44 bits per heavy atom. The smallest absolute Gasteiger partial charge is 0.182 e. The number of hydrogen-bond acceptors (Lipinski definition) is 2. The molecule has 5 unspecified atom stereocenters. The zero-order valence-corrected chi connectivity index (χ0v) is 28.9. The molecule has 238 valence electrons. The molecule has 2 aliphatic heterocycles. The molecule has 3 saturated carbocycles. The first-order valence-corrected chi connectivity index (χ1v) is 18.7. The Labute approximate surface area is 268 Å². The molecule has 6 aliphatic rings. The first-order chi connectivity index (χ1) is 20.9. The Morgan fingerprint density at radius 1 is 0.907 bits per heavy atom. The molecule has 4 heteroatoms. The van der Waals surface area contributed by atoms with Gasteiger partial charge in [0.15, 0.2) is 11.8 Å². The zero-order chi connectivity index (χ0) is 30.2. The largest absolute Gasteiger partial charge is 0.381 e. The predicted octanol–water partition coefficient (Wildman–Crippen LogP) is 9.96. The quantitative estimate of drug-likeness (QED) is 0.268. The lowest BCUT2D eigenvalue weighted by atomic mass is 9.61. The Morgan fingerprint density at radius 2 is 1.70 bits per heavy atom. The molecular weight excluding hydrogens is 548 g/mol. The third-order valence-corrected chi connectivity index (χ3v) is 13.4. The van der Waals surface area contributed by atoms with Crippen LogP contribution in [0.5, 0.6) is 0 Å². The van der Waals surface area contributed by atoms with E-state index in [-0.39, 0.29) is 5.41 Å². The Balaban J connectivity index is 1.32. The molecule has 1 saturated heterocycles. The molecule has 4 aliphatic carbocycles. The van der Waals surface area contributed by atoms with Gasteiger partial charge in [0.25, 0.3) is 0 Å².